The number of aliphatic hydroxyl groups is 1. The van der Waals surface area contributed by atoms with Crippen molar-refractivity contribution < 1.29 is 9.84 Å². The zero-order valence-electron chi connectivity index (χ0n) is 10.9. The van der Waals surface area contributed by atoms with Crippen LogP contribution in [-0.4, -0.2) is 18.3 Å². The molecule has 0 radical (unpaired) electrons. The van der Waals surface area contributed by atoms with E-state index in [4.69, 9.17) is 16.3 Å². The molecule has 1 N–H and O–H groups in total. The van der Waals surface area contributed by atoms with Crippen molar-refractivity contribution in [3.05, 3.63) is 63.6 Å². The van der Waals surface area contributed by atoms with Gasteiger partial charge in [0.05, 0.1) is 13.2 Å². The zero-order chi connectivity index (χ0) is 14.4. The summed E-state index contributed by atoms with van der Waals surface area (Å²) in [4.78, 5) is 0. The normalized spacial score (nSPS) is 12.2. The third-order valence-electron chi connectivity index (χ3n) is 3.10. The number of aliphatic hydroxyl groups excluding tert-OH is 1. The molecule has 2 aromatic carbocycles. The van der Waals surface area contributed by atoms with Crippen LogP contribution < -0.4 is 4.74 Å². The van der Waals surface area contributed by atoms with Gasteiger partial charge in [0, 0.05) is 15.4 Å². The summed E-state index contributed by atoms with van der Waals surface area (Å²) in [7, 11) is 0. The van der Waals surface area contributed by atoms with Crippen molar-refractivity contribution >= 4 is 27.5 Å². The highest BCUT2D eigenvalue weighted by molar-refractivity contribution is 9.10. The molecule has 2 aromatic rings. The molecule has 2 rings (SSSR count). The Balaban J connectivity index is 1.93. The third kappa shape index (κ3) is 4.23. The van der Waals surface area contributed by atoms with E-state index < -0.39 is 0 Å². The van der Waals surface area contributed by atoms with Crippen LogP contribution in [0.25, 0.3) is 0 Å². The molecule has 1 unspecified atom stereocenters. The average Bonchev–Trinajstić information content (AvgIpc) is 2.45. The second kappa shape index (κ2) is 7.67. The molecule has 0 aromatic heterocycles. The molecule has 0 saturated carbocycles. The highest BCUT2D eigenvalue weighted by Crippen LogP contribution is 2.27. The second-order valence-corrected chi connectivity index (χ2v) is 5.82. The van der Waals surface area contributed by atoms with E-state index in [0.717, 1.165) is 15.8 Å². The largest absolute Gasteiger partial charge is 0.494 e. The highest BCUT2D eigenvalue weighted by Gasteiger charge is 2.13. The standard InChI is InChI=1S/C16H16BrClO2/c17-13-4-3-5-14(10-13)20-9-8-12(11-19)15-6-1-2-7-16(15)18/h1-7,10,12,19H,8-9,11H2. The van der Waals surface area contributed by atoms with Gasteiger partial charge in [-0.05, 0) is 36.2 Å². The first kappa shape index (κ1) is 15.4. The summed E-state index contributed by atoms with van der Waals surface area (Å²) in [6.45, 7) is 0.596. The number of hydrogen-bond donors (Lipinski definition) is 1. The fourth-order valence-corrected chi connectivity index (χ4v) is 2.70. The van der Waals surface area contributed by atoms with Gasteiger partial charge in [-0.25, -0.2) is 0 Å². The minimum atomic E-state index is -0.00384. The topological polar surface area (TPSA) is 29.5 Å². The van der Waals surface area contributed by atoms with Crippen molar-refractivity contribution in [3.8, 4) is 5.75 Å². The maximum Gasteiger partial charge on any atom is 0.120 e. The van der Waals surface area contributed by atoms with Crippen molar-refractivity contribution in [1.29, 1.82) is 0 Å². The van der Waals surface area contributed by atoms with Gasteiger partial charge in [-0.2, -0.15) is 0 Å². The number of ether oxygens (including phenoxy) is 1. The molecule has 20 heavy (non-hydrogen) atoms. The molecule has 0 spiro atoms. The van der Waals surface area contributed by atoms with Crippen molar-refractivity contribution in [2.75, 3.05) is 13.2 Å². The SMILES string of the molecule is OCC(CCOc1cccc(Br)c1)c1ccccc1Cl. The molecule has 106 valence electrons. The van der Waals surface area contributed by atoms with E-state index in [2.05, 4.69) is 15.9 Å². The van der Waals surface area contributed by atoms with Gasteiger partial charge >= 0.3 is 0 Å². The van der Waals surface area contributed by atoms with Crippen LogP contribution in [0.15, 0.2) is 53.0 Å². The molecule has 0 fully saturated rings. The number of benzene rings is 2. The van der Waals surface area contributed by atoms with Crippen molar-refractivity contribution in [2.24, 2.45) is 0 Å². The lowest BCUT2D eigenvalue weighted by Crippen LogP contribution is -2.10. The van der Waals surface area contributed by atoms with Crippen LogP contribution in [0.2, 0.25) is 5.02 Å². The zero-order valence-corrected chi connectivity index (χ0v) is 13.3. The average molecular weight is 356 g/mol. The Bertz CT molecular complexity index is 560. The fraction of sp³-hybridized carbons (Fsp3) is 0.250. The predicted molar refractivity (Wildman–Crippen MR) is 85.5 cm³/mol. The molecule has 0 bridgehead atoms. The van der Waals surface area contributed by atoms with E-state index in [1.807, 2.05) is 48.5 Å². The van der Waals surface area contributed by atoms with Gasteiger partial charge in [0.2, 0.25) is 0 Å². The Labute approximate surface area is 132 Å². The Morgan fingerprint density at radius 1 is 1.15 bits per heavy atom. The lowest BCUT2D eigenvalue weighted by molar-refractivity contribution is 0.229. The van der Waals surface area contributed by atoms with E-state index in [9.17, 15) is 5.11 Å². The van der Waals surface area contributed by atoms with Crippen molar-refractivity contribution in [1.82, 2.24) is 0 Å². The first-order chi connectivity index (χ1) is 9.70. The van der Waals surface area contributed by atoms with Crippen molar-refractivity contribution in [3.63, 3.8) is 0 Å². The number of rotatable bonds is 6. The Morgan fingerprint density at radius 2 is 1.95 bits per heavy atom. The van der Waals surface area contributed by atoms with Crippen LogP contribution in [0.4, 0.5) is 0 Å². The molecule has 2 nitrogen and oxygen atoms in total. The highest BCUT2D eigenvalue weighted by atomic mass is 79.9. The summed E-state index contributed by atoms with van der Waals surface area (Å²) < 4.78 is 6.68. The van der Waals surface area contributed by atoms with E-state index in [1.54, 1.807) is 0 Å². The van der Waals surface area contributed by atoms with Crippen LogP contribution in [0.5, 0.6) is 5.75 Å². The maximum atomic E-state index is 9.52. The van der Waals surface area contributed by atoms with Crippen LogP contribution in [0.1, 0.15) is 17.9 Å². The molecule has 0 aliphatic rings. The van der Waals surface area contributed by atoms with Crippen LogP contribution in [0.3, 0.4) is 0 Å². The van der Waals surface area contributed by atoms with Crippen LogP contribution in [-0.2, 0) is 0 Å². The first-order valence-corrected chi connectivity index (χ1v) is 7.61. The summed E-state index contributed by atoms with van der Waals surface area (Å²) in [5.74, 6) is 0.811. The van der Waals surface area contributed by atoms with E-state index >= 15 is 0 Å². The summed E-state index contributed by atoms with van der Waals surface area (Å²) >= 11 is 9.56. The lowest BCUT2D eigenvalue weighted by Gasteiger charge is -2.16. The van der Waals surface area contributed by atoms with Gasteiger partial charge in [-0.15, -0.1) is 0 Å². The molecule has 0 aliphatic heterocycles. The predicted octanol–water partition coefficient (Wildman–Crippen LogP) is 4.65. The first-order valence-electron chi connectivity index (χ1n) is 6.44. The van der Waals surface area contributed by atoms with Gasteiger partial charge in [-0.3, -0.25) is 0 Å². The summed E-state index contributed by atoms with van der Waals surface area (Å²) in [5.41, 5.74) is 0.967. The van der Waals surface area contributed by atoms with Gasteiger partial charge < -0.3 is 9.84 Å². The second-order valence-electron chi connectivity index (χ2n) is 4.50. The number of halogens is 2. The van der Waals surface area contributed by atoms with Crippen LogP contribution in [0, 0.1) is 0 Å². The Morgan fingerprint density at radius 3 is 2.65 bits per heavy atom. The molecular weight excluding hydrogens is 340 g/mol. The van der Waals surface area contributed by atoms with E-state index in [1.165, 1.54) is 0 Å². The molecular formula is C16H16BrClO2. The van der Waals surface area contributed by atoms with Gasteiger partial charge in [0.15, 0.2) is 0 Å². The molecule has 0 heterocycles. The molecule has 4 heteroatoms. The Kier molecular flexibility index (Phi) is 5.89. The fourth-order valence-electron chi connectivity index (χ4n) is 2.03. The third-order valence-corrected chi connectivity index (χ3v) is 3.93. The van der Waals surface area contributed by atoms with E-state index in [-0.39, 0.29) is 12.5 Å². The Hall–Kier alpha value is -1.03. The van der Waals surface area contributed by atoms with Crippen LogP contribution >= 0.6 is 27.5 Å². The van der Waals surface area contributed by atoms with Crippen molar-refractivity contribution in [2.45, 2.75) is 12.3 Å². The smallest absolute Gasteiger partial charge is 0.120 e. The summed E-state index contributed by atoms with van der Waals surface area (Å²) in [5, 5.41) is 10.2. The minimum absolute atomic E-state index is 0.00384. The molecule has 1 atom stereocenters. The van der Waals surface area contributed by atoms with Gasteiger partial charge in [-0.1, -0.05) is 51.8 Å². The number of hydrogen-bond acceptors (Lipinski definition) is 2. The summed E-state index contributed by atoms with van der Waals surface area (Å²) in [6.07, 6.45) is 0.715. The lowest BCUT2D eigenvalue weighted by atomic mass is 9.97. The van der Waals surface area contributed by atoms with E-state index in [0.29, 0.717) is 18.1 Å². The molecule has 0 amide bonds. The molecule has 0 aliphatic carbocycles. The van der Waals surface area contributed by atoms with Gasteiger partial charge in [0.1, 0.15) is 5.75 Å². The molecule has 0 saturated heterocycles. The monoisotopic (exact) mass is 354 g/mol. The maximum absolute atomic E-state index is 9.52. The summed E-state index contributed by atoms with van der Waals surface area (Å²) in [6, 6.07) is 15.3. The quantitative estimate of drug-likeness (QED) is 0.817. The minimum Gasteiger partial charge on any atom is -0.494 e. The van der Waals surface area contributed by atoms with Gasteiger partial charge in [0.25, 0.3) is 0 Å².